The van der Waals surface area contributed by atoms with Crippen LogP contribution in [0.1, 0.15) is 35.8 Å². The zero-order valence-electron chi connectivity index (χ0n) is 13.0. The standard InChI is InChI=1S/C19H17FN2O/c1-13(2)19-17(12-23)18(14-8-10-15(20)11-9-14)21-22(19)16-6-4-3-5-7-16/h3-13H,1-2H3. The third-order valence-corrected chi connectivity index (χ3v) is 3.74. The van der Waals surface area contributed by atoms with Gasteiger partial charge in [-0.1, -0.05) is 32.0 Å². The Bertz CT molecular complexity index is 821. The summed E-state index contributed by atoms with van der Waals surface area (Å²) in [5, 5.41) is 4.64. The first kappa shape index (κ1) is 15.2. The molecule has 4 heteroatoms. The highest BCUT2D eigenvalue weighted by Crippen LogP contribution is 2.30. The van der Waals surface area contributed by atoms with Crippen molar-refractivity contribution in [1.29, 1.82) is 0 Å². The zero-order valence-corrected chi connectivity index (χ0v) is 13.0. The number of carbonyl (C=O) groups is 1. The SMILES string of the molecule is CC(C)c1c(C=O)c(-c2ccc(F)cc2)nn1-c1ccccc1. The fourth-order valence-electron chi connectivity index (χ4n) is 2.70. The minimum absolute atomic E-state index is 0.122. The highest BCUT2D eigenvalue weighted by molar-refractivity contribution is 5.88. The van der Waals surface area contributed by atoms with Gasteiger partial charge in [0.1, 0.15) is 11.5 Å². The van der Waals surface area contributed by atoms with Crippen LogP contribution in [-0.4, -0.2) is 16.1 Å². The van der Waals surface area contributed by atoms with Gasteiger partial charge in [0.05, 0.1) is 16.9 Å². The molecule has 0 saturated heterocycles. The largest absolute Gasteiger partial charge is 0.298 e. The van der Waals surface area contributed by atoms with Gasteiger partial charge in [-0.3, -0.25) is 4.79 Å². The monoisotopic (exact) mass is 308 g/mol. The van der Waals surface area contributed by atoms with Crippen molar-refractivity contribution in [3.8, 4) is 16.9 Å². The maximum Gasteiger partial charge on any atom is 0.154 e. The molecular formula is C19H17FN2O. The van der Waals surface area contributed by atoms with Gasteiger partial charge in [0.15, 0.2) is 6.29 Å². The van der Waals surface area contributed by atoms with E-state index in [1.165, 1.54) is 12.1 Å². The molecule has 0 N–H and O–H groups in total. The molecule has 3 rings (SSSR count). The second-order valence-electron chi connectivity index (χ2n) is 5.67. The van der Waals surface area contributed by atoms with Gasteiger partial charge in [-0.2, -0.15) is 5.10 Å². The molecule has 116 valence electrons. The van der Waals surface area contributed by atoms with Crippen LogP contribution in [0.15, 0.2) is 54.6 Å². The Morgan fingerprint density at radius 3 is 2.26 bits per heavy atom. The van der Waals surface area contributed by atoms with E-state index < -0.39 is 0 Å². The van der Waals surface area contributed by atoms with Crippen LogP contribution < -0.4 is 0 Å². The molecule has 0 atom stereocenters. The van der Waals surface area contributed by atoms with E-state index in [0.717, 1.165) is 23.2 Å². The quantitative estimate of drug-likeness (QED) is 0.659. The van der Waals surface area contributed by atoms with Crippen LogP contribution >= 0.6 is 0 Å². The molecule has 0 aliphatic carbocycles. The summed E-state index contributed by atoms with van der Waals surface area (Å²) >= 11 is 0. The van der Waals surface area contributed by atoms with Crippen molar-refractivity contribution < 1.29 is 9.18 Å². The zero-order chi connectivity index (χ0) is 16.4. The second-order valence-corrected chi connectivity index (χ2v) is 5.67. The van der Waals surface area contributed by atoms with Gasteiger partial charge in [0.25, 0.3) is 0 Å². The molecule has 0 amide bonds. The van der Waals surface area contributed by atoms with Crippen molar-refractivity contribution in [3.05, 3.63) is 71.7 Å². The number of halogens is 1. The number of benzene rings is 2. The summed E-state index contributed by atoms with van der Waals surface area (Å²) in [5.41, 5.74) is 3.60. The first-order valence-electron chi connectivity index (χ1n) is 7.51. The fourth-order valence-corrected chi connectivity index (χ4v) is 2.70. The number of aromatic nitrogens is 2. The predicted molar refractivity (Wildman–Crippen MR) is 88.4 cm³/mol. The molecule has 23 heavy (non-hydrogen) atoms. The van der Waals surface area contributed by atoms with Crippen molar-refractivity contribution in [2.24, 2.45) is 0 Å². The summed E-state index contributed by atoms with van der Waals surface area (Å²) < 4.78 is 15.0. The fraction of sp³-hybridized carbons (Fsp3) is 0.158. The van der Waals surface area contributed by atoms with Crippen LogP contribution in [0.25, 0.3) is 16.9 Å². The highest BCUT2D eigenvalue weighted by atomic mass is 19.1. The van der Waals surface area contributed by atoms with Crippen molar-refractivity contribution in [2.75, 3.05) is 0 Å². The third kappa shape index (κ3) is 2.80. The van der Waals surface area contributed by atoms with E-state index in [9.17, 15) is 9.18 Å². The van der Waals surface area contributed by atoms with Crippen LogP contribution in [0.4, 0.5) is 4.39 Å². The third-order valence-electron chi connectivity index (χ3n) is 3.74. The molecular weight excluding hydrogens is 291 g/mol. The van der Waals surface area contributed by atoms with Gasteiger partial charge in [0.2, 0.25) is 0 Å². The lowest BCUT2D eigenvalue weighted by Crippen LogP contribution is -2.05. The number of aldehydes is 1. The maximum atomic E-state index is 13.2. The van der Waals surface area contributed by atoms with Crippen LogP contribution in [0.5, 0.6) is 0 Å². The van der Waals surface area contributed by atoms with Gasteiger partial charge in [-0.25, -0.2) is 9.07 Å². The first-order valence-corrected chi connectivity index (χ1v) is 7.51. The number of hydrogen-bond acceptors (Lipinski definition) is 2. The van der Waals surface area contributed by atoms with Gasteiger partial charge < -0.3 is 0 Å². The van der Waals surface area contributed by atoms with E-state index in [2.05, 4.69) is 5.10 Å². The van der Waals surface area contributed by atoms with Crippen LogP contribution in [-0.2, 0) is 0 Å². The average molecular weight is 308 g/mol. The summed E-state index contributed by atoms with van der Waals surface area (Å²) in [7, 11) is 0. The molecule has 3 aromatic rings. The molecule has 0 fully saturated rings. The molecule has 0 unspecified atom stereocenters. The number of hydrogen-bond donors (Lipinski definition) is 0. The molecule has 1 aromatic heterocycles. The molecule has 2 aromatic carbocycles. The average Bonchev–Trinajstić information content (AvgIpc) is 2.96. The topological polar surface area (TPSA) is 34.9 Å². The molecule has 0 saturated carbocycles. The Morgan fingerprint density at radius 1 is 1.04 bits per heavy atom. The second kappa shape index (κ2) is 6.16. The number of nitrogens with zero attached hydrogens (tertiary/aromatic N) is 2. The van der Waals surface area contributed by atoms with Crippen molar-refractivity contribution in [3.63, 3.8) is 0 Å². The van der Waals surface area contributed by atoms with Crippen LogP contribution in [0, 0.1) is 5.82 Å². The molecule has 0 aliphatic heterocycles. The Kier molecular flexibility index (Phi) is 4.06. The summed E-state index contributed by atoms with van der Waals surface area (Å²) in [5.74, 6) is -0.190. The highest BCUT2D eigenvalue weighted by Gasteiger charge is 2.21. The maximum absolute atomic E-state index is 13.2. The predicted octanol–water partition coefficient (Wildman–Crippen LogP) is 4.61. The molecule has 1 heterocycles. The number of para-hydroxylation sites is 1. The lowest BCUT2D eigenvalue weighted by atomic mass is 10.0. The summed E-state index contributed by atoms with van der Waals surface area (Å²) in [6.45, 7) is 4.05. The van der Waals surface area contributed by atoms with Gasteiger partial charge in [-0.05, 0) is 42.3 Å². The van der Waals surface area contributed by atoms with Gasteiger partial charge >= 0.3 is 0 Å². The van der Waals surface area contributed by atoms with E-state index >= 15 is 0 Å². The normalized spacial score (nSPS) is 11.0. The van der Waals surface area contributed by atoms with Crippen LogP contribution in [0.2, 0.25) is 0 Å². The summed E-state index contributed by atoms with van der Waals surface area (Å²) in [6, 6.07) is 15.7. The van der Waals surface area contributed by atoms with Crippen molar-refractivity contribution >= 4 is 6.29 Å². The van der Waals surface area contributed by atoms with Gasteiger partial charge in [-0.15, -0.1) is 0 Å². The van der Waals surface area contributed by atoms with E-state index in [1.807, 2.05) is 44.2 Å². The van der Waals surface area contributed by atoms with E-state index in [0.29, 0.717) is 11.3 Å². The number of rotatable bonds is 4. The first-order chi connectivity index (χ1) is 11.1. The summed E-state index contributed by atoms with van der Waals surface area (Å²) in [6.07, 6.45) is 0.834. The Balaban J connectivity index is 2.25. The minimum Gasteiger partial charge on any atom is -0.298 e. The lowest BCUT2D eigenvalue weighted by Gasteiger charge is -2.10. The molecule has 0 bridgehead atoms. The number of carbonyl (C=O) groups excluding carboxylic acids is 1. The molecule has 0 spiro atoms. The lowest BCUT2D eigenvalue weighted by molar-refractivity contribution is 0.112. The van der Waals surface area contributed by atoms with Crippen molar-refractivity contribution in [2.45, 2.75) is 19.8 Å². The van der Waals surface area contributed by atoms with E-state index in [1.54, 1.807) is 16.8 Å². The molecule has 3 nitrogen and oxygen atoms in total. The van der Waals surface area contributed by atoms with Gasteiger partial charge in [0, 0.05) is 5.56 Å². The smallest absolute Gasteiger partial charge is 0.154 e. The van der Waals surface area contributed by atoms with Crippen molar-refractivity contribution in [1.82, 2.24) is 9.78 Å². The molecule has 0 aliphatic rings. The Labute approximate surface area is 134 Å². The molecule has 0 radical (unpaired) electrons. The minimum atomic E-state index is -0.312. The van der Waals surface area contributed by atoms with E-state index in [-0.39, 0.29) is 11.7 Å². The summed E-state index contributed by atoms with van der Waals surface area (Å²) in [4.78, 5) is 11.7. The van der Waals surface area contributed by atoms with Crippen LogP contribution in [0.3, 0.4) is 0 Å². The van der Waals surface area contributed by atoms with E-state index in [4.69, 9.17) is 0 Å². The Hall–Kier alpha value is -2.75. The Morgan fingerprint density at radius 2 is 1.70 bits per heavy atom.